The minimum atomic E-state index is -0.650. The number of carbonyl (C=O) groups is 1. The second-order valence-electron chi connectivity index (χ2n) is 4.33. The average molecular weight is 239 g/mol. The summed E-state index contributed by atoms with van der Waals surface area (Å²) in [5.74, 6) is 0.0279. The van der Waals surface area contributed by atoms with Gasteiger partial charge in [-0.1, -0.05) is 0 Å². The van der Waals surface area contributed by atoms with Gasteiger partial charge >= 0.3 is 0 Å². The summed E-state index contributed by atoms with van der Waals surface area (Å²) < 4.78 is 0. The van der Waals surface area contributed by atoms with Crippen LogP contribution in [0.1, 0.15) is 32.6 Å². The second-order valence-corrected chi connectivity index (χ2v) is 4.33. The molecule has 0 bridgehead atoms. The van der Waals surface area contributed by atoms with E-state index < -0.39 is 6.23 Å². The normalized spacial score (nSPS) is 24.5. The highest BCUT2D eigenvalue weighted by atomic mass is 16.3. The minimum Gasteiger partial charge on any atom is -0.374 e. The lowest BCUT2D eigenvalue weighted by Gasteiger charge is -2.36. The molecule has 5 heteroatoms. The van der Waals surface area contributed by atoms with Crippen molar-refractivity contribution in [2.24, 2.45) is 9.98 Å². The molecule has 5 nitrogen and oxygen atoms in total. The van der Waals surface area contributed by atoms with Gasteiger partial charge in [-0.15, -0.1) is 0 Å². The smallest absolute Gasteiger partial charge is 0.224 e. The molecule has 0 saturated carbocycles. The fourth-order valence-corrected chi connectivity index (χ4v) is 2.16. The lowest BCUT2D eigenvalue weighted by Crippen LogP contribution is -2.49. The van der Waals surface area contributed by atoms with E-state index in [0.29, 0.717) is 19.3 Å². The number of hydrogen-bond donors (Lipinski definition) is 1. The number of piperidine rings is 1. The Labute approximate surface area is 102 Å². The van der Waals surface area contributed by atoms with Gasteiger partial charge in [0.25, 0.3) is 0 Å². The molecule has 0 aromatic rings. The number of carbonyl (C=O) groups excluding carboxylic acids is 1. The van der Waals surface area contributed by atoms with E-state index in [1.54, 1.807) is 25.2 Å². The highest BCUT2D eigenvalue weighted by molar-refractivity contribution is 6.30. The van der Waals surface area contributed by atoms with Gasteiger partial charge in [0, 0.05) is 39.2 Å². The molecule has 1 aliphatic rings. The first-order valence-corrected chi connectivity index (χ1v) is 5.97. The predicted molar refractivity (Wildman–Crippen MR) is 68.6 cm³/mol. The van der Waals surface area contributed by atoms with E-state index >= 15 is 0 Å². The molecule has 1 saturated heterocycles. The van der Waals surface area contributed by atoms with E-state index in [2.05, 4.69) is 9.98 Å². The SMILES string of the molecule is CN=CC(CC(C)N1C(=O)CCCC1O)=NC. The molecule has 0 aromatic carbocycles. The summed E-state index contributed by atoms with van der Waals surface area (Å²) in [6.45, 7) is 1.93. The van der Waals surface area contributed by atoms with E-state index in [0.717, 1.165) is 12.1 Å². The third-order valence-electron chi connectivity index (χ3n) is 3.01. The largest absolute Gasteiger partial charge is 0.374 e. The minimum absolute atomic E-state index is 0.0279. The van der Waals surface area contributed by atoms with Gasteiger partial charge in [0.15, 0.2) is 0 Å². The fourth-order valence-electron chi connectivity index (χ4n) is 2.16. The summed E-state index contributed by atoms with van der Waals surface area (Å²) in [5.41, 5.74) is 0.838. The van der Waals surface area contributed by atoms with Gasteiger partial charge in [0.05, 0.1) is 5.71 Å². The molecule has 0 spiro atoms. The molecule has 1 fully saturated rings. The Bertz CT molecular complexity index is 326. The van der Waals surface area contributed by atoms with Gasteiger partial charge in [-0.3, -0.25) is 14.8 Å². The van der Waals surface area contributed by atoms with Crippen LogP contribution in [0.5, 0.6) is 0 Å². The number of aliphatic imine (C=N–C) groups is 2. The fraction of sp³-hybridized carbons (Fsp3) is 0.750. The second kappa shape index (κ2) is 6.49. The molecule has 1 aliphatic heterocycles. The summed E-state index contributed by atoms with van der Waals surface area (Å²) in [6.07, 6.45) is 3.63. The first-order valence-electron chi connectivity index (χ1n) is 5.97. The van der Waals surface area contributed by atoms with Crippen LogP contribution in [0, 0.1) is 0 Å². The number of hydrogen-bond acceptors (Lipinski definition) is 4. The van der Waals surface area contributed by atoms with Crippen LogP contribution in [0.3, 0.4) is 0 Å². The molecule has 17 heavy (non-hydrogen) atoms. The van der Waals surface area contributed by atoms with Crippen molar-refractivity contribution in [1.82, 2.24) is 4.90 Å². The molecular formula is C12H21N3O2. The van der Waals surface area contributed by atoms with Crippen LogP contribution >= 0.6 is 0 Å². The van der Waals surface area contributed by atoms with Crippen LogP contribution in [-0.2, 0) is 4.79 Å². The van der Waals surface area contributed by atoms with Crippen molar-refractivity contribution < 1.29 is 9.90 Å². The third-order valence-corrected chi connectivity index (χ3v) is 3.01. The van der Waals surface area contributed by atoms with Crippen molar-refractivity contribution in [3.05, 3.63) is 0 Å². The van der Waals surface area contributed by atoms with Crippen LogP contribution < -0.4 is 0 Å². The van der Waals surface area contributed by atoms with E-state index in [-0.39, 0.29) is 11.9 Å². The lowest BCUT2D eigenvalue weighted by atomic mass is 10.0. The van der Waals surface area contributed by atoms with Crippen molar-refractivity contribution >= 4 is 17.8 Å². The standard InChI is InChI=1S/C12H21N3O2/c1-9(7-10(14-3)8-13-2)15-11(16)5-4-6-12(15)17/h8-9,11,16H,4-7H2,1-3H3. The van der Waals surface area contributed by atoms with Gasteiger partial charge in [-0.05, 0) is 19.8 Å². The lowest BCUT2D eigenvalue weighted by molar-refractivity contribution is -0.150. The maximum atomic E-state index is 11.8. The number of likely N-dealkylation sites (tertiary alicyclic amines) is 1. The Morgan fingerprint density at radius 1 is 1.65 bits per heavy atom. The van der Waals surface area contributed by atoms with Crippen LogP contribution in [0.2, 0.25) is 0 Å². The van der Waals surface area contributed by atoms with E-state index in [1.807, 2.05) is 6.92 Å². The maximum absolute atomic E-state index is 11.8. The van der Waals surface area contributed by atoms with Crippen molar-refractivity contribution in [1.29, 1.82) is 0 Å². The highest BCUT2D eigenvalue weighted by Crippen LogP contribution is 2.20. The Morgan fingerprint density at radius 3 is 2.88 bits per heavy atom. The summed E-state index contributed by atoms with van der Waals surface area (Å²) >= 11 is 0. The Morgan fingerprint density at radius 2 is 2.35 bits per heavy atom. The number of amides is 1. The number of rotatable bonds is 4. The molecule has 0 aromatic heterocycles. The molecule has 2 atom stereocenters. The molecule has 1 rings (SSSR count). The maximum Gasteiger partial charge on any atom is 0.224 e. The summed E-state index contributed by atoms with van der Waals surface area (Å²) in [6, 6.07) is -0.0468. The zero-order valence-electron chi connectivity index (χ0n) is 10.8. The van der Waals surface area contributed by atoms with Gasteiger partial charge in [-0.2, -0.15) is 0 Å². The molecular weight excluding hydrogens is 218 g/mol. The van der Waals surface area contributed by atoms with E-state index in [9.17, 15) is 9.90 Å². The highest BCUT2D eigenvalue weighted by Gasteiger charge is 2.30. The van der Waals surface area contributed by atoms with E-state index in [4.69, 9.17) is 0 Å². The molecule has 1 amide bonds. The average Bonchev–Trinajstić information content (AvgIpc) is 2.28. The first-order chi connectivity index (χ1) is 8.10. The first kappa shape index (κ1) is 13.8. The summed E-state index contributed by atoms with van der Waals surface area (Å²) in [7, 11) is 3.40. The Kier molecular flexibility index (Phi) is 5.28. The van der Waals surface area contributed by atoms with Crippen LogP contribution in [0.4, 0.5) is 0 Å². The van der Waals surface area contributed by atoms with Crippen molar-refractivity contribution in [3.8, 4) is 0 Å². The van der Waals surface area contributed by atoms with Crippen molar-refractivity contribution in [2.45, 2.75) is 44.9 Å². The quantitative estimate of drug-likeness (QED) is 0.740. The van der Waals surface area contributed by atoms with Crippen LogP contribution in [0.15, 0.2) is 9.98 Å². The van der Waals surface area contributed by atoms with Crippen molar-refractivity contribution in [2.75, 3.05) is 14.1 Å². The number of nitrogens with zero attached hydrogens (tertiary/aromatic N) is 3. The third kappa shape index (κ3) is 3.63. The van der Waals surface area contributed by atoms with Gasteiger partial charge < -0.3 is 10.0 Å². The van der Waals surface area contributed by atoms with Gasteiger partial charge in [0.1, 0.15) is 6.23 Å². The van der Waals surface area contributed by atoms with Crippen LogP contribution in [0.25, 0.3) is 0 Å². The molecule has 1 N–H and O–H groups in total. The zero-order valence-corrected chi connectivity index (χ0v) is 10.8. The summed E-state index contributed by atoms with van der Waals surface area (Å²) in [5, 5.41) is 9.86. The van der Waals surface area contributed by atoms with Gasteiger partial charge in [-0.25, -0.2) is 0 Å². The number of aliphatic hydroxyl groups is 1. The number of aliphatic hydroxyl groups excluding tert-OH is 1. The topological polar surface area (TPSA) is 65.3 Å². The van der Waals surface area contributed by atoms with Crippen LogP contribution in [-0.4, -0.2) is 54.2 Å². The summed E-state index contributed by atoms with van der Waals surface area (Å²) in [4.78, 5) is 21.4. The molecule has 96 valence electrons. The Hall–Kier alpha value is -1.23. The zero-order chi connectivity index (χ0) is 12.8. The Balaban J connectivity index is 2.67. The monoisotopic (exact) mass is 239 g/mol. The molecule has 1 heterocycles. The van der Waals surface area contributed by atoms with Gasteiger partial charge in [0.2, 0.25) is 5.91 Å². The molecule has 0 aliphatic carbocycles. The predicted octanol–water partition coefficient (Wildman–Crippen LogP) is 0.867. The van der Waals surface area contributed by atoms with E-state index in [1.165, 1.54) is 0 Å². The van der Waals surface area contributed by atoms with Crippen molar-refractivity contribution in [3.63, 3.8) is 0 Å². The molecule has 0 radical (unpaired) electrons. The molecule has 2 unspecified atom stereocenters.